The second-order valence-corrected chi connectivity index (χ2v) is 25.1. The van der Waals surface area contributed by atoms with Gasteiger partial charge < -0.3 is 0 Å². The first-order valence-electron chi connectivity index (χ1n) is 23.5. The van der Waals surface area contributed by atoms with Crippen LogP contribution in [-0.2, 0) is 0 Å². The second-order valence-electron chi connectivity index (χ2n) is 17.5. The van der Waals surface area contributed by atoms with Crippen LogP contribution < -0.4 is 41.5 Å². The molecule has 326 valence electrons. The topological polar surface area (TPSA) is 43.6 Å². The number of aromatic nitrogens is 4. The molecule has 0 aliphatic carbocycles. The highest BCUT2D eigenvalue weighted by Gasteiger charge is 2.43. The van der Waals surface area contributed by atoms with Crippen LogP contribution in [0.1, 0.15) is 0 Å². The summed E-state index contributed by atoms with van der Waals surface area (Å²) in [4.78, 5) is 16.5. The van der Waals surface area contributed by atoms with Crippen molar-refractivity contribution in [3.8, 4) is 28.7 Å². The summed E-state index contributed by atoms with van der Waals surface area (Å²) in [7, 11) is -5.76. The van der Waals surface area contributed by atoms with Gasteiger partial charge in [-0.25, -0.2) is 4.98 Å². The fraction of sp³-hybridized carbons (Fsp3) is 0. The monoisotopic (exact) mass is 914 g/mol. The van der Waals surface area contributed by atoms with Crippen LogP contribution in [0, 0.1) is 0 Å². The summed E-state index contributed by atoms with van der Waals surface area (Å²) in [5.74, 6) is 1.79. The Morgan fingerprint density at radius 3 is 0.841 bits per heavy atom. The molecule has 0 radical (unpaired) electrons. The second kappa shape index (κ2) is 17.9. The summed E-state index contributed by atoms with van der Waals surface area (Å²) in [6, 6.07) is 101. The maximum absolute atomic E-state index is 5.52. The molecule has 0 amide bonds. The quantitative estimate of drug-likeness (QED) is 0.0962. The molecule has 0 aliphatic heterocycles. The zero-order chi connectivity index (χ0) is 46.0. The molecule has 4 nitrogen and oxygen atoms in total. The van der Waals surface area contributed by atoms with Crippen LogP contribution in [0.3, 0.4) is 0 Å². The lowest BCUT2D eigenvalue weighted by atomic mass is 10.2. The van der Waals surface area contributed by atoms with Crippen LogP contribution in [0.5, 0.6) is 0 Å². The van der Waals surface area contributed by atoms with Crippen molar-refractivity contribution < 1.29 is 0 Å². The van der Waals surface area contributed by atoms with Gasteiger partial charge >= 0.3 is 0 Å². The molecule has 0 atom stereocenters. The zero-order valence-corrected chi connectivity index (χ0v) is 39.8. The summed E-state index contributed by atoms with van der Waals surface area (Å²) >= 11 is 0. The van der Waals surface area contributed by atoms with Crippen molar-refractivity contribution >= 4 is 79.4 Å². The highest BCUT2D eigenvalue weighted by atomic mass is 28.3. The van der Waals surface area contributed by atoms with Crippen molar-refractivity contribution in [1.82, 2.24) is 19.5 Å². The van der Waals surface area contributed by atoms with Crippen molar-refractivity contribution in [2.24, 2.45) is 0 Å². The maximum Gasteiger partial charge on any atom is 0.238 e. The summed E-state index contributed by atoms with van der Waals surface area (Å²) < 4.78 is 2.21. The van der Waals surface area contributed by atoms with E-state index in [2.05, 4.69) is 284 Å². The largest absolute Gasteiger partial charge is 0.278 e. The third-order valence-corrected chi connectivity index (χ3v) is 23.3. The number of nitrogens with zero attached hydrogens (tertiary/aromatic N) is 4. The first-order chi connectivity index (χ1) is 34.2. The first-order valence-corrected chi connectivity index (χ1v) is 27.5. The standard InChI is InChI=1S/C63H46N4Si2/c1-7-27-49(28-8-1)68(50-29-9-2-10-30-50,51-31-11-3-12-32-51)55-39-23-25-47(45-55)61-64-62(66-63(65-61)67-59-43-21-19-41-57(59)58-42-20-22-44-60(58)67)48-26-24-40-56(46-48)69(52-33-13-4-14-34-52,53-35-15-5-16-36-53)54-37-17-6-18-38-54/h1-46H. The van der Waals surface area contributed by atoms with Crippen LogP contribution in [0.2, 0.25) is 0 Å². The summed E-state index contributed by atoms with van der Waals surface area (Å²) in [6.07, 6.45) is 0. The third kappa shape index (κ3) is 7.17. The normalized spacial score (nSPS) is 11.8. The molecule has 0 unspecified atom stereocenters. The van der Waals surface area contributed by atoms with E-state index in [0.717, 1.165) is 32.9 Å². The van der Waals surface area contributed by atoms with Crippen molar-refractivity contribution in [3.05, 3.63) is 279 Å². The van der Waals surface area contributed by atoms with Gasteiger partial charge in [-0.05, 0) is 53.6 Å². The minimum atomic E-state index is -2.88. The lowest BCUT2D eigenvalue weighted by Crippen LogP contribution is -2.74. The van der Waals surface area contributed by atoms with Gasteiger partial charge in [0.05, 0.1) is 11.0 Å². The molecule has 6 heteroatoms. The summed E-state index contributed by atoms with van der Waals surface area (Å²) in [5.41, 5.74) is 3.93. The number of hydrogen-bond donors (Lipinski definition) is 0. The molecule has 0 saturated heterocycles. The molecule has 12 aromatic rings. The van der Waals surface area contributed by atoms with Gasteiger partial charge in [-0.1, -0.05) is 267 Å². The van der Waals surface area contributed by atoms with Crippen molar-refractivity contribution in [2.75, 3.05) is 0 Å². The summed E-state index contributed by atoms with van der Waals surface area (Å²) in [6.45, 7) is 0. The van der Waals surface area contributed by atoms with Crippen LogP contribution in [-0.4, -0.2) is 35.7 Å². The van der Waals surface area contributed by atoms with Gasteiger partial charge in [0.2, 0.25) is 5.95 Å². The molecule has 0 N–H and O–H groups in total. The van der Waals surface area contributed by atoms with Gasteiger partial charge in [0, 0.05) is 21.9 Å². The van der Waals surface area contributed by atoms with E-state index >= 15 is 0 Å². The highest BCUT2D eigenvalue weighted by molar-refractivity contribution is 7.20. The third-order valence-electron chi connectivity index (χ3n) is 13.8. The molecule has 12 rings (SSSR count). The molecular weight excluding hydrogens is 869 g/mol. The van der Waals surface area contributed by atoms with E-state index in [1.54, 1.807) is 0 Å². The molecule has 2 heterocycles. The number of hydrogen-bond acceptors (Lipinski definition) is 3. The molecule has 0 saturated carbocycles. The SMILES string of the molecule is c1ccc([Si](c2ccccc2)(c2ccccc2)c2cccc(-c3nc(-c4cccc([Si](c5ccccc5)(c5ccccc5)c5ccccc5)c4)nc(-n4c5ccccc5c5ccccc54)n3)c2)cc1. The fourth-order valence-corrected chi connectivity index (χ4v) is 20.4. The van der Waals surface area contributed by atoms with Gasteiger partial charge in [0.15, 0.2) is 27.8 Å². The van der Waals surface area contributed by atoms with Crippen LogP contribution in [0.25, 0.3) is 50.5 Å². The van der Waals surface area contributed by atoms with Crippen LogP contribution >= 0.6 is 0 Å². The maximum atomic E-state index is 5.52. The number of para-hydroxylation sites is 2. The van der Waals surface area contributed by atoms with Gasteiger partial charge in [0.25, 0.3) is 0 Å². The molecule has 0 spiro atoms. The Kier molecular flexibility index (Phi) is 10.9. The Labute approximate surface area is 404 Å². The average molecular weight is 915 g/mol. The number of benzene rings is 10. The molecule has 69 heavy (non-hydrogen) atoms. The average Bonchev–Trinajstić information content (AvgIpc) is 3.78. The van der Waals surface area contributed by atoms with Gasteiger partial charge in [0.1, 0.15) is 0 Å². The van der Waals surface area contributed by atoms with Gasteiger partial charge in [-0.2, -0.15) is 9.97 Å². The Bertz CT molecular complexity index is 3280. The Balaban J connectivity index is 1.13. The number of rotatable bonds is 11. The molecule has 0 fully saturated rings. The van der Waals surface area contributed by atoms with E-state index in [1.807, 2.05) is 0 Å². The molecular formula is C63H46N4Si2. The predicted molar refractivity (Wildman–Crippen MR) is 292 cm³/mol. The van der Waals surface area contributed by atoms with Crippen molar-refractivity contribution in [1.29, 1.82) is 0 Å². The highest BCUT2D eigenvalue weighted by Crippen LogP contribution is 2.32. The van der Waals surface area contributed by atoms with E-state index in [1.165, 1.54) is 41.5 Å². The Hall–Kier alpha value is -8.56. The molecule has 0 aliphatic rings. The van der Waals surface area contributed by atoms with Crippen LogP contribution in [0.15, 0.2) is 279 Å². The summed E-state index contributed by atoms with van der Waals surface area (Å²) in [5, 5.41) is 12.6. The molecule has 10 aromatic carbocycles. The van der Waals surface area contributed by atoms with E-state index < -0.39 is 16.1 Å². The van der Waals surface area contributed by atoms with Crippen LogP contribution in [0.4, 0.5) is 0 Å². The number of fused-ring (bicyclic) bond motifs is 3. The molecule has 0 bridgehead atoms. The lowest BCUT2D eigenvalue weighted by Gasteiger charge is -2.34. The van der Waals surface area contributed by atoms with Gasteiger partial charge in [-0.15, -0.1) is 0 Å². The van der Waals surface area contributed by atoms with Crippen molar-refractivity contribution in [3.63, 3.8) is 0 Å². The smallest absolute Gasteiger partial charge is 0.238 e. The Morgan fingerprint density at radius 2 is 0.522 bits per heavy atom. The molecule has 2 aromatic heterocycles. The minimum absolute atomic E-state index is 0.568. The van der Waals surface area contributed by atoms with Gasteiger partial charge in [-0.3, -0.25) is 4.57 Å². The fourth-order valence-electron chi connectivity index (χ4n) is 10.8. The predicted octanol–water partition coefficient (Wildman–Crippen LogP) is 9.06. The zero-order valence-electron chi connectivity index (χ0n) is 37.8. The first kappa shape index (κ1) is 41.8. The lowest BCUT2D eigenvalue weighted by molar-refractivity contribution is 0.953. The van der Waals surface area contributed by atoms with E-state index in [4.69, 9.17) is 15.0 Å². The van der Waals surface area contributed by atoms with E-state index in [-0.39, 0.29) is 0 Å². The van der Waals surface area contributed by atoms with E-state index in [0.29, 0.717) is 17.6 Å². The minimum Gasteiger partial charge on any atom is -0.278 e. The Morgan fingerprint density at radius 1 is 0.246 bits per heavy atom. The van der Waals surface area contributed by atoms with Crippen molar-refractivity contribution in [2.45, 2.75) is 0 Å². The van der Waals surface area contributed by atoms with E-state index in [9.17, 15) is 0 Å².